The Labute approximate surface area is 222 Å². The second-order valence-corrected chi connectivity index (χ2v) is 9.34. The Kier molecular flexibility index (Phi) is 7.89. The molecule has 7 heteroatoms. The minimum atomic E-state index is -0.865. The number of halogens is 1. The van der Waals surface area contributed by atoms with Gasteiger partial charge in [-0.05, 0) is 60.7 Å². The third kappa shape index (κ3) is 5.07. The summed E-state index contributed by atoms with van der Waals surface area (Å²) in [5.74, 6) is -1.05. The summed E-state index contributed by atoms with van der Waals surface area (Å²) in [6.07, 6.45) is 1.68. The van der Waals surface area contributed by atoms with Crippen LogP contribution in [-0.4, -0.2) is 30.5 Å². The van der Waals surface area contributed by atoms with Gasteiger partial charge in [-0.2, -0.15) is 0 Å². The average molecular weight is 520 g/mol. The van der Waals surface area contributed by atoms with Crippen LogP contribution in [0.5, 0.6) is 11.5 Å². The number of benzene rings is 3. The number of rotatable bonds is 8. The van der Waals surface area contributed by atoms with Crippen molar-refractivity contribution in [3.05, 3.63) is 93.5 Å². The highest BCUT2D eigenvalue weighted by Gasteiger charge is 2.47. The topological polar surface area (TPSA) is 76.1 Å². The predicted octanol–water partition coefficient (Wildman–Crippen LogP) is 6.63. The second-order valence-electron chi connectivity index (χ2n) is 8.94. The maximum absolute atomic E-state index is 13.5. The Balaban J connectivity index is 1.95. The standard InChI is InChI=1S/C30H30ClNO5/c1-5-14-37-22-9-7-8-21(17-22)32-26(20-12-10-19(6-2)11-13-20)25(28(34)30(32)35)27(33)23-15-18(3)16-24(31)29(23)36-4/h7-13,15-17,26,33H,5-6,14H2,1-4H3/b27-25+. The van der Waals surface area contributed by atoms with Crippen LogP contribution >= 0.6 is 11.6 Å². The molecule has 1 heterocycles. The molecule has 3 aromatic rings. The van der Waals surface area contributed by atoms with Crippen molar-refractivity contribution < 1.29 is 24.2 Å². The zero-order valence-electron chi connectivity index (χ0n) is 21.4. The Hall–Kier alpha value is -3.77. The number of nitrogens with zero attached hydrogens (tertiary/aromatic N) is 1. The summed E-state index contributed by atoms with van der Waals surface area (Å²) in [4.78, 5) is 28.4. The lowest BCUT2D eigenvalue weighted by Gasteiger charge is -2.26. The molecule has 0 aliphatic carbocycles. The molecule has 1 saturated heterocycles. The van der Waals surface area contributed by atoms with E-state index in [1.807, 2.05) is 38.1 Å². The van der Waals surface area contributed by atoms with Gasteiger partial charge in [0.05, 0.1) is 35.9 Å². The third-order valence-corrected chi connectivity index (χ3v) is 6.64. The molecule has 1 aliphatic heterocycles. The largest absolute Gasteiger partial charge is 0.507 e. The van der Waals surface area contributed by atoms with Gasteiger partial charge in [-0.15, -0.1) is 0 Å². The van der Waals surface area contributed by atoms with Crippen molar-refractivity contribution >= 4 is 34.7 Å². The minimum Gasteiger partial charge on any atom is -0.507 e. The first-order valence-corrected chi connectivity index (χ1v) is 12.7. The Bertz CT molecular complexity index is 1360. The normalized spacial score (nSPS) is 16.8. The molecule has 0 bridgehead atoms. The first-order chi connectivity index (χ1) is 17.8. The molecule has 3 aromatic carbocycles. The summed E-state index contributed by atoms with van der Waals surface area (Å²) in [5, 5.41) is 11.8. The van der Waals surface area contributed by atoms with Gasteiger partial charge in [0, 0.05) is 11.8 Å². The third-order valence-electron chi connectivity index (χ3n) is 6.36. The molecule has 1 atom stereocenters. The summed E-state index contributed by atoms with van der Waals surface area (Å²) in [6, 6.07) is 17.3. The first-order valence-electron chi connectivity index (χ1n) is 12.3. The first kappa shape index (κ1) is 26.3. The van der Waals surface area contributed by atoms with Crippen LogP contribution < -0.4 is 14.4 Å². The highest BCUT2D eigenvalue weighted by molar-refractivity contribution is 6.51. The molecule has 1 amide bonds. The van der Waals surface area contributed by atoms with E-state index in [4.69, 9.17) is 21.1 Å². The fourth-order valence-corrected chi connectivity index (χ4v) is 4.90. The van der Waals surface area contributed by atoms with Gasteiger partial charge in [0.1, 0.15) is 17.3 Å². The van der Waals surface area contributed by atoms with Crippen molar-refractivity contribution in [2.24, 2.45) is 0 Å². The Morgan fingerprint density at radius 3 is 2.43 bits per heavy atom. The van der Waals surface area contributed by atoms with Crippen molar-refractivity contribution in [3.8, 4) is 11.5 Å². The molecule has 6 nitrogen and oxygen atoms in total. The summed E-state index contributed by atoms with van der Waals surface area (Å²) in [6.45, 7) is 6.41. The van der Waals surface area contributed by atoms with Gasteiger partial charge < -0.3 is 14.6 Å². The Morgan fingerprint density at radius 1 is 1.05 bits per heavy atom. The number of hydrogen-bond donors (Lipinski definition) is 1. The number of ether oxygens (including phenoxy) is 2. The summed E-state index contributed by atoms with van der Waals surface area (Å²) < 4.78 is 11.2. The van der Waals surface area contributed by atoms with Gasteiger partial charge in [0.2, 0.25) is 0 Å². The van der Waals surface area contributed by atoms with Crippen LogP contribution in [0.15, 0.2) is 66.2 Å². The van der Waals surface area contributed by atoms with Crippen molar-refractivity contribution in [3.63, 3.8) is 0 Å². The number of aryl methyl sites for hydroxylation is 2. The second kappa shape index (κ2) is 11.1. The number of carbonyl (C=O) groups excluding carboxylic acids is 2. The van der Waals surface area contributed by atoms with E-state index in [0.717, 1.165) is 24.0 Å². The van der Waals surface area contributed by atoms with Gasteiger partial charge >= 0.3 is 0 Å². The van der Waals surface area contributed by atoms with E-state index >= 15 is 0 Å². The maximum Gasteiger partial charge on any atom is 0.300 e. The van der Waals surface area contributed by atoms with Gasteiger partial charge in [0.15, 0.2) is 0 Å². The van der Waals surface area contributed by atoms with Crippen LogP contribution in [0.2, 0.25) is 5.02 Å². The SMILES string of the molecule is CCCOc1cccc(N2C(=O)C(=O)/C(=C(/O)c3cc(C)cc(Cl)c3OC)C2c2ccc(CC)cc2)c1. The number of hydrogen-bond acceptors (Lipinski definition) is 5. The fraction of sp³-hybridized carbons (Fsp3) is 0.267. The molecule has 0 saturated carbocycles. The van der Waals surface area contributed by atoms with Crippen LogP contribution in [0.4, 0.5) is 5.69 Å². The zero-order chi connectivity index (χ0) is 26.7. The van der Waals surface area contributed by atoms with E-state index in [9.17, 15) is 14.7 Å². The van der Waals surface area contributed by atoms with Crippen LogP contribution in [-0.2, 0) is 16.0 Å². The van der Waals surface area contributed by atoms with Crippen molar-refractivity contribution in [1.29, 1.82) is 0 Å². The number of ketones is 1. The average Bonchev–Trinajstić information content (AvgIpc) is 3.17. The molecule has 1 N–H and O–H groups in total. The van der Waals surface area contributed by atoms with Crippen molar-refractivity contribution in [2.45, 2.75) is 39.7 Å². The summed E-state index contributed by atoms with van der Waals surface area (Å²) >= 11 is 6.39. The molecule has 0 radical (unpaired) electrons. The number of aliphatic hydroxyl groups excluding tert-OH is 1. The highest BCUT2D eigenvalue weighted by Crippen LogP contribution is 2.45. The molecule has 1 fully saturated rings. The molecule has 4 rings (SSSR count). The van der Waals surface area contributed by atoms with E-state index in [-0.39, 0.29) is 22.6 Å². The molecule has 192 valence electrons. The van der Waals surface area contributed by atoms with Crippen LogP contribution in [0, 0.1) is 6.92 Å². The smallest absolute Gasteiger partial charge is 0.300 e. The number of methoxy groups -OCH3 is 1. The molecule has 0 aromatic heterocycles. The van der Waals surface area contributed by atoms with E-state index in [2.05, 4.69) is 6.92 Å². The van der Waals surface area contributed by atoms with Crippen molar-refractivity contribution in [2.75, 3.05) is 18.6 Å². The summed E-state index contributed by atoms with van der Waals surface area (Å²) in [7, 11) is 1.44. The van der Waals surface area contributed by atoms with Crippen LogP contribution in [0.3, 0.4) is 0 Å². The quantitative estimate of drug-likeness (QED) is 0.205. The zero-order valence-corrected chi connectivity index (χ0v) is 22.1. The van der Waals surface area contributed by atoms with Gasteiger partial charge in [-0.3, -0.25) is 14.5 Å². The van der Waals surface area contributed by atoms with E-state index < -0.39 is 17.7 Å². The fourth-order valence-electron chi connectivity index (χ4n) is 4.55. The lowest BCUT2D eigenvalue weighted by atomic mass is 9.93. The number of amides is 1. The number of anilines is 1. The van der Waals surface area contributed by atoms with E-state index in [0.29, 0.717) is 28.6 Å². The molecule has 1 aliphatic rings. The molecule has 0 spiro atoms. The minimum absolute atomic E-state index is 0.0332. The molecular weight excluding hydrogens is 490 g/mol. The number of carbonyl (C=O) groups is 2. The highest BCUT2D eigenvalue weighted by atomic mass is 35.5. The summed E-state index contributed by atoms with van der Waals surface area (Å²) in [5.41, 5.74) is 3.29. The van der Waals surface area contributed by atoms with Crippen LogP contribution in [0.1, 0.15) is 48.6 Å². The van der Waals surface area contributed by atoms with E-state index in [1.54, 1.807) is 36.4 Å². The van der Waals surface area contributed by atoms with Crippen LogP contribution in [0.25, 0.3) is 5.76 Å². The van der Waals surface area contributed by atoms with Gasteiger partial charge in [-0.25, -0.2) is 0 Å². The van der Waals surface area contributed by atoms with Crippen molar-refractivity contribution in [1.82, 2.24) is 0 Å². The van der Waals surface area contributed by atoms with Gasteiger partial charge in [-0.1, -0.05) is 55.8 Å². The predicted molar refractivity (Wildman–Crippen MR) is 146 cm³/mol. The van der Waals surface area contributed by atoms with E-state index in [1.165, 1.54) is 12.0 Å². The molecule has 1 unspecified atom stereocenters. The molecular formula is C30H30ClNO5. The molecule has 37 heavy (non-hydrogen) atoms. The maximum atomic E-state index is 13.5. The Morgan fingerprint density at radius 2 is 1.78 bits per heavy atom. The lowest BCUT2D eigenvalue weighted by Crippen LogP contribution is -2.29. The number of Topliss-reactive ketones (excluding diaryl/α,β-unsaturated/α-hetero) is 1. The lowest BCUT2D eigenvalue weighted by molar-refractivity contribution is -0.132. The monoisotopic (exact) mass is 519 g/mol. The number of aliphatic hydroxyl groups is 1. The van der Waals surface area contributed by atoms with Gasteiger partial charge in [0.25, 0.3) is 11.7 Å².